The highest BCUT2D eigenvalue weighted by Crippen LogP contribution is 2.33. The summed E-state index contributed by atoms with van der Waals surface area (Å²) >= 11 is 15.9. The number of halogens is 4. The molecule has 1 atom stereocenters. The van der Waals surface area contributed by atoms with Crippen molar-refractivity contribution in [2.45, 2.75) is 19.4 Å². The summed E-state index contributed by atoms with van der Waals surface area (Å²) < 4.78 is 14.8. The van der Waals surface area contributed by atoms with Gasteiger partial charge in [-0.15, -0.1) is 0 Å². The van der Waals surface area contributed by atoms with E-state index in [2.05, 4.69) is 21.2 Å². The van der Waals surface area contributed by atoms with Gasteiger partial charge in [-0.1, -0.05) is 52.1 Å². The van der Waals surface area contributed by atoms with E-state index in [9.17, 15) is 4.39 Å². The van der Waals surface area contributed by atoms with Crippen LogP contribution in [0, 0.1) is 5.82 Å². The molecule has 0 spiro atoms. The summed E-state index contributed by atoms with van der Waals surface area (Å²) in [5.41, 5.74) is 1.42. The lowest BCUT2D eigenvalue weighted by atomic mass is 9.98. The molecule has 1 unspecified atom stereocenters. The predicted octanol–water partition coefficient (Wildman–Crippen LogP) is 5.79. The monoisotopic (exact) mass is 389 g/mol. The van der Waals surface area contributed by atoms with Gasteiger partial charge in [-0.3, -0.25) is 0 Å². The van der Waals surface area contributed by atoms with Gasteiger partial charge >= 0.3 is 0 Å². The molecule has 0 amide bonds. The molecule has 112 valence electrons. The van der Waals surface area contributed by atoms with Gasteiger partial charge in [-0.05, 0) is 48.9 Å². The lowest BCUT2D eigenvalue weighted by molar-refractivity contribution is 0.528. The van der Waals surface area contributed by atoms with Gasteiger partial charge in [0.15, 0.2) is 0 Å². The summed E-state index contributed by atoms with van der Waals surface area (Å²) in [6.07, 6.45) is 0.475. The van der Waals surface area contributed by atoms with Crippen LogP contribution in [0.1, 0.15) is 24.1 Å². The summed E-state index contributed by atoms with van der Waals surface area (Å²) in [6, 6.07) is 10.2. The van der Waals surface area contributed by atoms with E-state index in [1.54, 1.807) is 30.3 Å². The van der Waals surface area contributed by atoms with Crippen molar-refractivity contribution in [3.8, 4) is 0 Å². The Labute approximate surface area is 142 Å². The van der Waals surface area contributed by atoms with E-state index in [4.69, 9.17) is 23.2 Å². The number of benzene rings is 2. The predicted molar refractivity (Wildman–Crippen MR) is 90.7 cm³/mol. The molecule has 1 N–H and O–H groups in total. The van der Waals surface area contributed by atoms with Crippen molar-refractivity contribution in [3.05, 3.63) is 67.9 Å². The zero-order valence-electron chi connectivity index (χ0n) is 11.5. The normalized spacial score (nSPS) is 12.4. The van der Waals surface area contributed by atoms with Crippen LogP contribution in [0.4, 0.5) is 4.39 Å². The molecule has 2 rings (SSSR count). The summed E-state index contributed by atoms with van der Waals surface area (Å²) in [6.45, 7) is 2.73. The third kappa shape index (κ3) is 4.19. The Morgan fingerprint density at radius 1 is 1.19 bits per heavy atom. The highest BCUT2D eigenvalue weighted by atomic mass is 79.9. The quantitative estimate of drug-likeness (QED) is 0.681. The van der Waals surface area contributed by atoms with Gasteiger partial charge in [0.2, 0.25) is 0 Å². The van der Waals surface area contributed by atoms with Crippen LogP contribution in [0.15, 0.2) is 40.9 Å². The molecule has 0 aromatic heterocycles. The standard InChI is InChI=1S/C16H15BrCl2FN/c1-2-21-15(16-12(18)4-3-5-13(16)19)9-10-8-11(17)6-7-14(10)20/h3-8,15,21H,2,9H2,1H3. The first-order valence-corrected chi connectivity index (χ1v) is 8.19. The Morgan fingerprint density at radius 2 is 1.86 bits per heavy atom. The molecular formula is C16H15BrCl2FN. The first-order valence-electron chi connectivity index (χ1n) is 6.64. The van der Waals surface area contributed by atoms with Crippen molar-refractivity contribution >= 4 is 39.1 Å². The molecule has 0 saturated carbocycles. The highest BCUT2D eigenvalue weighted by molar-refractivity contribution is 9.10. The van der Waals surface area contributed by atoms with Crippen molar-refractivity contribution in [3.63, 3.8) is 0 Å². The number of hydrogen-bond acceptors (Lipinski definition) is 1. The smallest absolute Gasteiger partial charge is 0.126 e. The molecule has 2 aromatic rings. The zero-order valence-corrected chi connectivity index (χ0v) is 14.6. The second-order valence-electron chi connectivity index (χ2n) is 4.69. The van der Waals surface area contributed by atoms with Crippen LogP contribution in [0.2, 0.25) is 10.0 Å². The average molecular weight is 391 g/mol. The van der Waals surface area contributed by atoms with Crippen LogP contribution in [0.3, 0.4) is 0 Å². The number of hydrogen-bond donors (Lipinski definition) is 1. The Bertz CT molecular complexity index is 613. The number of rotatable bonds is 5. The van der Waals surface area contributed by atoms with E-state index < -0.39 is 0 Å². The Morgan fingerprint density at radius 3 is 2.48 bits per heavy atom. The molecule has 0 aliphatic heterocycles. The first kappa shape index (κ1) is 16.8. The fourth-order valence-corrected chi connectivity index (χ4v) is 3.36. The molecule has 21 heavy (non-hydrogen) atoms. The Hall–Kier alpha value is -0.610. The lowest BCUT2D eigenvalue weighted by Crippen LogP contribution is -2.24. The Balaban J connectivity index is 2.38. The topological polar surface area (TPSA) is 12.0 Å². The van der Waals surface area contributed by atoms with Gasteiger partial charge in [0.1, 0.15) is 5.82 Å². The minimum atomic E-state index is -0.232. The van der Waals surface area contributed by atoms with Crippen LogP contribution >= 0.6 is 39.1 Å². The van der Waals surface area contributed by atoms with Gasteiger partial charge < -0.3 is 5.32 Å². The average Bonchev–Trinajstić information content (AvgIpc) is 2.43. The van der Waals surface area contributed by atoms with Crippen molar-refractivity contribution < 1.29 is 4.39 Å². The highest BCUT2D eigenvalue weighted by Gasteiger charge is 2.19. The largest absolute Gasteiger partial charge is 0.310 e. The zero-order chi connectivity index (χ0) is 15.4. The summed E-state index contributed by atoms with van der Waals surface area (Å²) in [4.78, 5) is 0. The van der Waals surface area contributed by atoms with E-state index in [1.807, 2.05) is 6.92 Å². The molecule has 0 fully saturated rings. The van der Waals surface area contributed by atoms with Crippen molar-refractivity contribution in [2.24, 2.45) is 0 Å². The maximum Gasteiger partial charge on any atom is 0.126 e. The maximum atomic E-state index is 14.0. The SMILES string of the molecule is CCNC(Cc1cc(Br)ccc1F)c1c(Cl)cccc1Cl. The van der Waals surface area contributed by atoms with E-state index in [0.29, 0.717) is 22.0 Å². The van der Waals surface area contributed by atoms with Crippen LogP contribution in [0.5, 0.6) is 0 Å². The van der Waals surface area contributed by atoms with E-state index in [1.165, 1.54) is 6.07 Å². The van der Waals surface area contributed by atoms with Gasteiger partial charge in [0.25, 0.3) is 0 Å². The van der Waals surface area contributed by atoms with Crippen molar-refractivity contribution in [1.82, 2.24) is 5.32 Å². The van der Waals surface area contributed by atoms with Gasteiger partial charge in [-0.2, -0.15) is 0 Å². The molecule has 0 heterocycles. The summed E-state index contributed by atoms with van der Waals surface area (Å²) in [7, 11) is 0. The minimum absolute atomic E-state index is 0.139. The minimum Gasteiger partial charge on any atom is -0.310 e. The van der Waals surface area contributed by atoms with E-state index >= 15 is 0 Å². The van der Waals surface area contributed by atoms with Crippen LogP contribution < -0.4 is 5.32 Å². The second-order valence-corrected chi connectivity index (χ2v) is 6.42. The third-order valence-corrected chi connectivity index (χ3v) is 4.38. The maximum absolute atomic E-state index is 14.0. The third-order valence-electron chi connectivity index (χ3n) is 3.23. The summed E-state index contributed by atoms with van der Waals surface area (Å²) in [5, 5.41) is 4.50. The van der Waals surface area contributed by atoms with E-state index in [-0.39, 0.29) is 11.9 Å². The first-order chi connectivity index (χ1) is 10.0. The fraction of sp³-hybridized carbons (Fsp3) is 0.250. The molecule has 2 aromatic carbocycles. The molecule has 0 radical (unpaired) electrons. The van der Waals surface area contributed by atoms with Gasteiger partial charge in [-0.25, -0.2) is 4.39 Å². The molecule has 0 aliphatic carbocycles. The van der Waals surface area contributed by atoms with E-state index in [0.717, 1.165) is 16.6 Å². The summed E-state index contributed by atoms with van der Waals surface area (Å²) in [5.74, 6) is -0.232. The lowest BCUT2D eigenvalue weighted by Gasteiger charge is -2.21. The molecule has 5 heteroatoms. The Kier molecular flexibility index (Phi) is 6.06. The second kappa shape index (κ2) is 7.59. The van der Waals surface area contributed by atoms with Crippen LogP contribution in [0.25, 0.3) is 0 Å². The van der Waals surface area contributed by atoms with Crippen LogP contribution in [-0.4, -0.2) is 6.54 Å². The van der Waals surface area contributed by atoms with Crippen LogP contribution in [-0.2, 0) is 6.42 Å². The van der Waals surface area contributed by atoms with Crippen molar-refractivity contribution in [1.29, 1.82) is 0 Å². The molecule has 0 aliphatic rings. The fourth-order valence-electron chi connectivity index (χ4n) is 2.29. The molecular weight excluding hydrogens is 376 g/mol. The molecule has 1 nitrogen and oxygen atoms in total. The molecule has 0 bridgehead atoms. The van der Waals surface area contributed by atoms with Crippen molar-refractivity contribution in [2.75, 3.05) is 6.54 Å². The number of likely N-dealkylation sites (N-methyl/N-ethyl adjacent to an activating group) is 1. The number of nitrogens with one attached hydrogen (secondary N) is 1. The molecule has 0 saturated heterocycles. The van der Waals surface area contributed by atoms with Gasteiger partial charge in [0.05, 0.1) is 0 Å². The van der Waals surface area contributed by atoms with Gasteiger partial charge in [0, 0.05) is 26.1 Å².